The van der Waals surface area contributed by atoms with Gasteiger partial charge in [0.05, 0.1) is 25.0 Å². The summed E-state index contributed by atoms with van der Waals surface area (Å²) in [5.41, 5.74) is 7.29. The molecule has 0 aliphatic carbocycles. The van der Waals surface area contributed by atoms with E-state index in [9.17, 15) is 9.59 Å². The Bertz CT molecular complexity index is 857. The Hall–Kier alpha value is -3.60. The van der Waals surface area contributed by atoms with Crippen molar-refractivity contribution < 1.29 is 19.1 Å². The van der Waals surface area contributed by atoms with E-state index in [1.54, 1.807) is 31.2 Å². The Morgan fingerprint density at radius 2 is 2.00 bits per heavy atom. The van der Waals surface area contributed by atoms with Crippen molar-refractivity contribution in [1.82, 2.24) is 10.3 Å². The highest BCUT2D eigenvalue weighted by Gasteiger charge is 2.16. The molecular weight excluding hydrogens is 336 g/mol. The summed E-state index contributed by atoms with van der Waals surface area (Å²) in [7, 11) is 1.31. The van der Waals surface area contributed by atoms with Crippen LogP contribution in [0, 0.1) is 11.3 Å². The highest BCUT2D eigenvalue weighted by atomic mass is 16.5. The van der Waals surface area contributed by atoms with Gasteiger partial charge in [0.15, 0.2) is 0 Å². The maximum Gasteiger partial charge on any atom is 0.337 e. The molecule has 2 rings (SSSR count). The molecule has 0 fully saturated rings. The number of nitrogens with two attached hydrogens (primary N) is 1. The summed E-state index contributed by atoms with van der Waals surface area (Å²) >= 11 is 0. The van der Waals surface area contributed by atoms with Gasteiger partial charge >= 0.3 is 5.97 Å². The standard InChI is InChI=1S/C18H18N4O4/c1-3-26-17-13(9-19)14(20)8-15(22-17)16(23)21-10-11-4-6-12(7-5-11)18(24)25-2/h4-8H,3,10H2,1-2H3,(H2,20,22)(H,21,23). The summed E-state index contributed by atoms with van der Waals surface area (Å²) in [6.07, 6.45) is 0. The van der Waals surface area contributed by atoms with Gasteiger partial charge in [0.25, 0.3) is 5.91 Å². The number of carbonyl (C=O) groups excluding carboxylic acids is 2. The number of carbonyl (C=O) groups is 2. The first-order valence-corrected chi connectivity index (χ1v) is 7.79. The predicted octanol–water partition coefficient (Wildman–Crippen LogP) is 1.65. The van der Waals surface area contributed by atoms with Crippen LogP contribution in [0.4, 0.5) is 5.69 Å². The molecule has 1 amide bonds. The zero-order chi connectivity index (χ0) is 19.1. The first-order valence-electron chi connectivity index (χ1n) is 7.79. The maximum absolute atomic E-state index is 12.3. The third-order valence-corrected chi connectivity index (χ3v) is 3.47. The zero-order valence-corrected chi connectivity index (χ0v) is 14.4. The summed E-state index contributed by atoms with van der Waals surface area (Å²) in [5, 5.41) is 11.8. The predicted molar refractivity (Wildman–Crippen MR) is 93.5 cm³/mol. The van der Waals surface area contributed by atoms with E-state index in [4.69, 9.17) is 15.7 Å². The number of ether oxygens (including phenoxy) is 2. The van der Waals surface area contributed by atoms with Gasteiger partial charge in [-0.05, 0) is 30.7 Å². The molecule has 0 bridgehead atoms. The van der Waals surface area contributed by atoms with Crippen molar-refractivity contribution in [3.05, 3.63) is 52.7 Å². The Labute approximate surface area is 150 Å². The van der Waals surface area contributed by atoms with Crippen molar-refractivity contribution in [2.45, 2.75) is 13.5 Å². The number of amides is 1. The number of anilines is 1. The number of aromatic nitrogens is 1. The zero-order valence-electron chi connectivity index (χ0n) is 14.4. The molecular formula is C18H18N4O4. The van der Waals surface area contributed by atoms with Crippen LogP contribution in [-0.2, 0) is 11.3 Å². The number of nitriles is 1. The van der Waals surface area contributed by atoms with E-state index in [1.807, 2.05) is 6.07 Å². The molecule has 1 heterocycles. The van der Waals surface area contributed by atoms with E-state index in [2.05, 4.69) is 15.0 Å². The second-order valence-electron chi connectivity index (χ2n) is 5.19. The lowest BCUT2D eigenvalue weighted by molar-refractivity contribution is 0.0600. The van der Waals surface area contributed by atoms with Crippen LogP contribution in [0.1, 0.15) is 38.9 Å². The molecule has 0 aliphatic rings. The number of nitrogens with one attached hydrogen (secondary N) is 1. The van der Waals surface area contributed by atoms with E-state index in [0.717, 1.165) is 5.56 Å². The molecule has 1 aromatic carbocycles. The molecule has 26 heavy (non-hydrogen) atoms. The molecule has 0 saturated carbocycles. The summed E-state index contributed by atoms with van der Waals surface area (Å²) in [6.45, 7) is 2.26. The van der Waals surface area contributed by atoms with Crippen molar-refractivity contribution in [1.29, 1.82) is 5.26 Å². The molecule has 0 unspecified atom stereocenters. The average molecular weight is 354 g/mol. The van der Waals surface area contributed by atoms with Gasteiger partial charge in [0.1, 0.15) is 17.3 Å². The van der Waals surface area contributed by atoms with Crippen LogP contribution in [-0.4, -0.2) is 30.6 Å². The number of nitrogens with zero attached hydrogens (tertiary/aromatic N) is 2. The van der Waals surface area contributed by atoms with Gasteiger partial charge in [0.2, 0.25) is 5.88 Å². The van der Waals surface area contributed by atoms with Gasteiger partial charge in [-0.2, -0.15) is 5.26 Å². The number of benzene rings is 1. The van der Waals surface area contributed by atoms with Crippen molar-refractivity contribution in [3.8, 4) is 11.9 Å². The summed E-state index contributed by atoms with van der Waals surface area (Å²) < 4.78 is 9.90. The Kier molecular flexibility index (Phi) is 6.11. The van der Waals surface area contributed by atoms with Crippen LogP contribution < -0.4 is 15.8 Å². The smallest absolute Gasteiger partial charge is 0.337 e. The van der Waals surface area contributed by atoms with Crippen LogP contribution >= 0.6 is 0 Å². The molecule has 0 saturated heterocycles. The number of pyridine rings is 1. The number of rotatable bonds is 6. The van der Waals surface area contributed by atoms with Gasteiger partial charge < -0.3 is 20.5 Å². The molecule has 2 aromatic rings. The third kappa shape index (κ3) is 4.27. The summed E-state index contributed by atoms with van der Waals surface area (Å²) in [5.74, 6) is -0.858. The number of hydrogen-bond donors (Lipinski definition) is 2. The first kappa shape index (κ1) is 18.7. The van der Waals surface area contributed by atoms with Crippen molar-refractivity contribution >= 4 is 17.6 Å². The number of nitrogen functional groups attached to an aromatic ring is 1. The second-order valence-corrected chi connectivity index (χ2v) is 5.19. The van der Waals surface area contributed by atoms with Gasteiger partial charge in [-0.3, -0.25) is 4.79 Å². The topological polar surface area (TPSA) is 127 Å². The maximum atomic E-state index is 12.3. The lowest BCUT2D eigenvalue weighted by Crippen LogP contribution is -2.24. The van der Waals surface area contributed by atoms with Crippen molar-refractivity contribution in [2.75, 3.05) is 19.5 Å². The van der Waals surface area contributed by atoms with Gasteiger partial charge in [-0.15, -0.1) is 0 Å². The minimum absolute atomic E-state index is 0.0302. The quantitative estimate of drug-likeness (QED) is 0.755. The lowest BCUT2D eigenvalue weighted by atomic mass is 10.1. The van der Waals surface area contributed by atoms with Gasteiger partial charge in [-0.1, -0.05) is 12.1 Å². The summed E-state index contributed by atoms with van der Waals surface area (Å²) in [6, 6.07) is 9.87. The van der Waals surface area contributed by atoms with E-state index in [0.29, 0.717) is 12.2 Å². The molecule has 0 atom stereocenters. The average Bonchev–Trinajstić information content (AvgIpc) is 2.66. The summed E-state index contributed by atoms with van der Waals surface area (Å²) in [4.78, 5) is 27.8. The van der Waals surface area contributed by atoms with E-state index in [-0.39, 0.29) is 29.4 Å². The fourth-order valence-corrected chi connectivity index (χ4v) is 2.16. The second kappa shape index (κ2) is 8.48. The van der Waals surface area contributed by atoms with E-state index in [1.165, 1.54) is 13.2 Å². The lowest BCUT2D eigenvalue weighted by Gasteiger charge is -2.10. The molecule has 134 valence electrons. The number of hydrogen-bond acceptors (Lipinski definition) is 7. The first-order chi connectivity index (χ1) is 12.5. The van der Waals surface area contributed by atoms with E-state index < -0.39 is 11.9 Å². The Morgan fingerprint density at radius 3 is 2.58 bits per heavy atom. The monoisotopic (exact) mass is 354 g/mol. The van der Waals surface area contributed by atoms with Crippen molar-refractivity contribution in [3.63, 3.8) is 0 Å². The fourth-order valence-electron chi connectivity index (χ4n) is 2.16. The molecule has 0 radical (unpaired) electrons. The van der Waals surface area contributed by atoms with Crippen LogP contribution in [0.2, 0.25) is 0 Å². The number of esters is 1. The van der Waals surface area contributed by atoms with Crippen LogP contribution in [0.15, 0.2) is 30.3 Å². The number of methoxy groups -OCH3 is 1. The largest absolute Gasteiger partial charge is 0.477 e. The molecule has 0 aliphatic heterocycles. The molecule has 8 nitrogen and oxygen atoms in total. The van der Waals surface area contributed by atoms with E-state index >= 15 is 0 Å². The Balaban J connectivity index is 2.10. The molecule has 1 aromatic heterocycles. The normalized spacial score (nSPS) is 9.88. The van der Waals surface area contributed by atoms with Gasteiger partial charge in [0, 0.05) is 6.54 Å². The SMILES string of the molecule is CCOc1nc(C(=O)NCc2ccc(C(=O)OC)cc2)cc(N)c1C#N. The van der Waals surface area contributed by atoms with Gasteiger partial charge in [-0.25, -0.2) is 9.78 Å². The van der Waals surface area contributed by atoms with Crippen LogP contribution in [0.25, 0.3) is 0 Å². The fraction of sp³-hybridized carbons (Fsp3) is 0.222. The molecule has 8 heteroatoms. The van der Waals surface area contributed by atoms with Crippen molar-refractivity contribution in [2.24, 2.45) is 0 Å². The van der Waals surface area contributed by atoms with Crippen LogP contribution in [0.3, 0.4) is 0 Å². The minimum atomic E-state index is -0.459. The molecule has 3 N–H and O–H groups in total. The Morgan fingerprint density at radius 1 is 1.31 bits per heavy atom. The highest BCUT2D eigenvalue weighted by molar-refractivity contribution is 5.93. The van der Waals surface area contributed by atoms with Crippen LogP contribution in [0.5, 0.6) is 5.88 Å². The highest BCUT2D eigenvalue weighted by Crippen LogP contribution is 2.22. The molecule has 0 spiro atoms. The minimum Gasteiger partial charge on any atom is -0.477 e. The third-order valence-electron chi connectivity index (χ3n) is 3.47.